The molecule has 0 radical (unpaired) electrons. The summed E-state index contributed by atoms with van der Waals surface area (Å²) >= 11 is 7.07. The van der Waals surface area contributed by atoms with Crippen molar-refractivity contribution in [1.29, 1.82) is 0 Å². The summed E-state index contributed by atoms with van der Waals surface area (Å²) in [5.74, 6) is 0. The second-order valence-corrected chi connectivity index (χ2v) is 6.76. The third kappa shape index (κ3) is 144. The molecule has 0 aromatic carbocycles. The van der Waals surface area contributed by atoms with E-state index in [0.29, 0.717) is 0 Å². The molecule has 0 amide bonds. The van der Waals surface area contributed by atoms with Crippen molar-refractivity contribution in [2.45, 2.75) is 33.1 Å². The van der Waals surface area contributed by atoms with Gasteiger partial charge in [-0.05, 0) is 11.8 Å². The minimum atomic E-state index is -3.11. The summed E-state index contributed by atoms with van der Waals surface area (Å²) < 4.78 is 0. The van der Waals surface area contributed by atoms with E-state index in [-0.39, 0.29) is 19.5 Å². The minimum absolute atomic E-state index is 0. The number of hydrogen-bond donors (Lipinski definition) is 3. The van der Waals surface area contributed by atoms with E-state index >= 15 is 0 Å². The topological polar surface area (TPSA) is 40.5 Å². The average Bonchev–Trinajstić information content (AvgIpc) is 1.90. The number of rotatable bonds is 2. The molecule has 0 fully saturated rings. The maximum Gasteiger partial charge on any atom is 2.00 e. The Hall–Kier alpha value is 1.54. The molecule has 2 N–H and O–H groups in total. The van der Waals surface area contributed by atoms with Crippen LogP contribution < -0.4 is 0 Å². The molecule has 0 saturated heterocycles. The molecule has 0 rings (SSSR count). The molecule has 2 nitrogen and oxygen atoms in total. The monoisotopic (exact) mass is 294 g/mol. The van der Waals surface area contributed by atoms with Gasteiger partial charge in [0.25, 0.3) is 0 Å². The van der Waals surface area contributed by atoms with Crippen molar-refractivity contribution >= 4 is 29.7 Å². The fourth-order valence-electron chi connectivity index (χ4n) is 0.250. The first-order valence-corrected chi connectivity index (χ1v) is 7.56. The molecule has 0 bridgehead atoms. The molecule has 13 heavy (non-hydrogen) atoms. The van der Waals surface area contributed by atoms with E-state index < -0.39 is 5.69 Å². The third-order valence-corrected chi connectivity index (χ3v) is 0.604. The van der Waals surface area contributed by atoms with Crippen LogP contribution in [0.25, 0.3) is 0 Å². The van der Waals surface area contributed by atoms with Gasteiger partial charge in [0, 0.05) is 0 Å². The van der Waals surface area contributed by atoms with E-state index in [1.54, 1.807) is 6.92 Å². The third-order valence-electron chi connectivity index (χ3n) is 0.604. The molecule has 0 aliphatic rings. The molecular weight excluding hydrogens is 277 g/mol. The van der Waals surface area contributed by atoms with Crippen LogP contribution >= 0.6 is 17.9 Å². The van der Waals surface area contributed by atoms with Gasteiger partial charge in [0.15, 0.2) is 0 Å². The Morgan fingerprint density at radius 1 is 1.38 bits per heavy atom. The summed E-state index contributed by atoms with van der Waals surface area (Å²) in [5.41, 5.74) is -3.11. The van der Waals surface area contributed by atoms with Crippen LogP contribution in [0, 0.1) is 13.8 Å². The molecule has 0 atom stereocenters. The standard InChI is InChI=1S/C5H11.C2H5.H3O2PS2.Zn/c1-3-5-4-2;1-2;1-3(2,4)5;/h1,3-5H2,2H3;1H2,2H3;(H3,1,2,4,5);/q2*-1;;+2. The van der Waals surface area contributed by atoms with Crippen LogP contribution in [-0.4, -0.2) is 9.79 Å². The Morgan fingerprint density at radius 3 is 1.62 bits per heavy atom. The molecule has 0 spiro atoms. The van der Waals surface area contributed by atoms with Gasteiger partial charge < -0.3 is 23.6 Å². The van der Waals surface area contributed by atoms with Crippen LogP contribution in [0.5, 0.6) is 0 Å². The van der Waals surface area contributed by atoms with E-state index in [2.05, 4.69) is 44.8 Å². The van der Waals surface area contributed by atoms with E-state index in [0.717, 1.165) is 6.42 Å². The van der Waals surface area contributed by atoms with E-state index in [4.69, 9.17) is 9.79 Å². The first kappa shape index (κ1) is 24.0. The molecular formula is C7H19O2PS2Zn. The normalized spacial score (nSPS) is 8.23. The SMILES string of the molecule is OP(O)(=S)S.[CH2-]C.[CH2-]CCCC.[Zn+2]. The van der Waals surface area contributed by atoms with Crippen LogP contribution in [0.3, 0.4) is 0 Å². The van der Waals surface area contributed by atoms with Gasteiger partial charge in [0.1, 0.15) is 0 Å². The van der Waals surface area contributed by atoms with Gasteiger partial charge >= 0.3 is 19.5 Å². The van der Waals surface area contributed by atoms with Gasteiger partial charge in [-0.15, -0.1) is 0 Å². The van der Waals surface area contributed by atoms with E-state index in [1.807, 2.05) is 0 Å². The van der Waals surface area contributed by atoms with Crippen molar-refractivity contribution in [3.8, 4) is 0 Å². The number of thiol groups is 1. The van der Waals surface area contributed by atoms with Crippen LogP contribution in [0.2, 0.25) is 0 Å². The molecule has 0 aromatic heterocycles. The Kier molecular flexibility index (Phi) is 35.4. The average molecular weight is 296 g/mol. The van der Waals surface area contributed by atoms with Gasteiger partial charge in [0.2, 0.25) is 5.69 Å². The van der Waals surface area contributed by atoms with Gasteiger partial charge in [-0.25, -0.2) is 0 Å². The zero-order valence-corrected chi connectivity index (χ0v) is 14.0. The smallest absolute Gasteiger partial charge is 0.346 e. The van der Waals surface area contributed by atoms with Crippen molar-refractivity contribution < 1.29 is 29.3 Å². The second kappa shape index (κ2) is 19.2. The zero-order chi connectivity index (χ0) is 10.6. The minimum Gasteiger partial charge on any atom is -0.346 e. The molecule has 0 saturated carbocycles. The summed E-state index contributed by atoms with van der Waals surface area (Å²) in [5, 5.41) is 0. The molecule has 0 unspecified atom stereocenters. The number of unbranched alkanes of at least 4 members (excludes halogenated alkanes) is 2. The molecule has 0 aliphatic heterocycles. The van der Waals surface area contributed by atoms with Crippen molar-refractivity contribution in [2.24, 2.45) is 0 Å². The predicted molar refractivity (Wildman–Crippen MR) is 63.6 cm³/mol. The first-order valence-electron chi connectivity index (χ1n) is 3.70. The molecule has 0 aliphatic carbocycles. The second-order valence-electron chi connectivity index (χ2n) is 1.72. The van der Waals surface area contributed by atoms with Crippen LogP contribution in [0.4, 0.5) is 0 Å². The Labute approximate surface area is 106 Å². The summed E-state index contributed by atoms with van der Waals surface area (Å²) in [4.78, 5) is 15.7. The Bertz CT molecular complexity index is 98.4. The maximum absolute atomic E-state index is 7.87. The van der Waals surface area contributed by atoms with Crippen molar-refractivity contribution in [3.63, 3.8) is 0 Å². The van der Waals surface area contributed by atoms with E-state index in [9.17, 15) is 0 Å². The molecule has 0 aromatic rings. The van der Waals surface area contributed by atoms with Gasteiger partial charge in [0.05, 0.1) is 0 Å². The summed E-state index contributed by atoms with van der Waals surface area (Å²) in [6.45, 7) is 10.8. The van der Waals surface area contributed by atoms with Gasteiger partial charge in [-0.3, -0.25) is 0 Å². The fraction of sp³-hybridized carbons (Fsp3) is 0.714. The zero-order valence-electron chi connectivity index (χ0n) is 8.44. The number of hydrogen-bond acceptors (Lipinski definition) is 1. The quantitative estimate of drug-likeness (QED) is 0.317. The summed E-state index contributed by atoms with van der Waals surface area (Å²) in [7, 11) is 0. The maximum atomic E-state index is 7.87. The van der Waals surface area contributed by atoms with Gasteiger partial charge in [-0.1, -0.05) is 32.0 Å². The summed E-state index contributed by atoms with van der Waals surface area (Å²) in [6.07, 6.45) is 3.65. The molecule has 78 valence electrons. The van der Waals surface area contributed by atoms with Crippen LogP contribution in [0.15, 0.2) is 0 Å². The summed E-state index contributed by atoms with van der Waals surface area (Å²) in [6, 6.07) is 0. The molecule has 6 heteroatoms. The van der Waals surface area contributed by atoms with Crippen molar-refractivity contribution in [3.05, 3.63) is 13.8 Å². The Balaban J connectivity index is -0.0000000491. The van der Waals surface area contributed by atoms with Gasteiger partial charge in [-0.2, -0.15) is 13.3 Å². The predicted octanol–water partition coefficient (Wildman–Crippen LogP) is 2.97. The van der Waals surface area contributed by atoms with Crippen LogP contribution in [-0.2, 0) is 31.3 Å². The fourth-order valence-corrected chi connectivity index (χ4v) is 0.250. The van der Waals surface area contributed by atoms with Crippen molar-refractivity contribution in [1.82, 2.24) is 0 Å². The van der Waals surface area contributed by atoms with Crippen LogP contribution in [0.1, 0.15) is 33.1 Å². The Morgan fingerprint density at radius 2 is 1.62 bits per heavy atom. The largest absolute Gasteiger partial charge is 2.00 e. The molecule has 0 heterocycles. The first-order chi connectivity index (χ1) is 5.41. The van der Waals surface area contributed by atoms with E-state index in [1.165, 1.54) is 12.8 Å². The van der Waals surface area contributed by atoms with Crippen molar-refractivity contribution in [2.75, 3.05) is 0 Å².